The van der Waals surface area contributed by atoms with Crippen molar-refractivity contribution in [1.82, 2.24) is 0 Å². The van der Waals surface area contributed by atoms with Crippen LogP contribution in [0.4, 0.5) is 0 Å². The van der Waals surface area contributed by atoms with Gasteiger partial charge in [0.05, 0.1) is 12.6 Å². The molecule has 0 saturated carbocycles. The summed E-state index contributed by atoms with van der Waals surface area (Å²) in [5, 5.41) is 9.89. The quantitative estimate of drug-likeness (QED) is 0.899. The maximum atomic E-state index is 9.16. The molecule has 0 aliphatic rings. The molecule has 0 aliphatic heterocycles. The summed E-state index contributed by atoms with van der Waals surface area (Å²) in [6.45, 7) is -0.0574. The van der Waals surface area contributed by atoms with E-state index in [4.69, 9.17) is 22.4 Å². The van der Waals surface area contributed by atoms with Crippen molar-refractivity contribution in [3.05, 3.63) is 59.1 Å². The van der Waals surface area contributed by atoms with Gasteiger partial charge in [0.15, 0.2) is 0 Å². The van der Waals surface area contributed by atoms with Gasteiger partial charge in [-0.3, -0.25) is 0 Å². The van der Waals surface area contributed by atoms with Crippen LogP contribution in [0.2, 0.25) is 5.02 Å². The van der Waals surface area contributed by atoms with Crippen LogP contribution in [0, 0.1) is 0 Å². The molecule has 2 aromatic rings. The molecule has 0 bridgehead atoms. The Hall–Kier alpha value is -0.710. The molecular formula is C14H15Cl2NOS. The summed E-state index contributed by atoms with van der Waals surface area (Å²) in [5.41, 5.74) is 6.85. The smallest absolute Gasteiger partial charge is 0.0624 e. The van der Waals surface area contributed by atoms with Gasteiger partial charge >= 0.3 is 0 Å². The van der Waals surface area contributed by atoms with Gasteiger partial charge in [-0.05, 0) is 35.9 Å². The van der Waals surface area contributed by atoms with Crippen LogP contribution in [-0.2, 0) is 0 Å². The van der Waals surface area contributed by atoms with Crippen LogP contribution < -0.4 is 5.73 Å². The summed E-state index contributed by atoms with van der Waals surface area (Å²) in [6.07, 6.45) is 0. The van der Waals surface area contributed by atoms with Gasteiger partial charge in [-0.25, -0.2) is 0 Å². The lowest BCUT2D eigenvalue weighted by Gasteiger charge is -2.13. The third kappa shape index (κ3) is 4.41. The fraction of sp³-hybridized carbons (Fsp3) is 0.143. The van der Waals surface area contributed by atoms with Crippen molar-refractivity contribution in [2.45, 2.75) is 15.8 Å². The Bertz CT molecular complexity index is 519. The molecule has 2 rings (SSSR count). The van der Waals surface area contributed by atoms with Gasteiger partial charge < -0.3 is 10.8 Å². The molecule has 0 saturated heterocycles. The van der Waals surface area contributed by atoms with E-state index in [-0.39, 0.29) is 25.1 Å². The highest BCUT2D eigenvalue weighted by Gasteiger charge is 2.10. The van der Waals surface area contributed by atoms with E-state index in [0.29, 0.717) is 0 Å². The Morgan fingerprint density at radius 1 is 1.11 bits per heavy atom. The highest BCUT2D eigenvalue weighted by Crippen LogP contribution is 2.33. The molecule has 0 unspecified atom stereocenters. The van der Waals surface area contributed by atoms with Gasteiger partial charge in [0.1, 0.15) is 0 Å². The number of halogens is 2. The zero-order valence-electron chi connectivity index (χ0n) is 10.1. The minimum absolute atomic E-state index is 0. The number of aliphatic hydroxyl groups excluding tert-OH is 1. The van der Waals surface area contributed by atoms with E-state index in [0.717, 1.165) is 20.4 Å². The van der Waals surface area contributed by atoms with Crippen molar-refractivity contribution in [2.24, 2.45) is 5.73 Å². The molecule has 0 spiro atoms. The van der Waals surface area contributed by atoms with E-state index >= 15 is 0 Å². The van der Waals surface area contributed by atoms with Crippen molar-refractivity contribution in [2.75, 3.05) is 6.61 Å². The van der Waals surface area contributed by atoms with Gasteiger partial charge in [-0.1, -0.05) is 41.6 Å². The molecule has 0 heterocycles. The predicted molar refractivity (Wildman–Crippen MR) is 83.3 cm³/mol. The molecule has 0 radical (unpaired) electrons. The summed E-state index contributed by atoms with van der Waals surface area (Å²) in [5.74, 6) is 0. The van der Waals surface area contributed by atoms with E-state index in [1.165, 1.54) is 0 Å². The Morgan fingerprint density at radius 2 is 1.74 bits per heavy atom. The standard InChI is InChI=1S/C14H14ClNOS.ClH/c15-10-5-7-11(8-6-10)18-14-4-2-1-3-12(14)13(16)9-17;/h1-8,13,17H,9,16H2;1H/t13-;/m1./s1. The molecule has 2 nitrogen and oxygen atoms in total. The lowest BCUT2D eigenvalue weighted by molar-refractivity contribution is 0.267. The lowest BCUT2D eigenvalue weighted by Crippen LogP contribution is -2.15. The number of hydrogen-bond acceptors (Lipinski definition) is 3. The Labute approximate surface area is 128 Å². The first-order chi connectivity index (χ1) is 8.70. The van der Waals surface area contributed by atoms with Gasteiger partial charge in [-0.2, -0.15) is 0 Å². The van der Waals surface area contributed by atoms with E-state index in [1.54, 1.807) is 11.8 Å². The van der Waals surface area contributed by atoms with Crippen molar-refractivity contribution < 1.29 is 5.11 Å². The van der Waals surface area contributed by atoms with Gasteiger partial charge in [0.2, 0.25) is 0 Å². The first-order valence-electron chi connectivity index (χ1n) is 5.59. The molecule has 1 atom stereocenters. The highest BCUT2D eigenvalue weighted by atomic mass is 35.5. The Morgan fingerprint density at radius 3 is 2.37 bits per heavy atom. The van der Waals surface area contributed by atoms with Crippen molar-refractivity contribution in [1.29, 1.82) is 0 Å². The minimum Gasteiger partial charge on any atom is -0.394 e. The highest BCUT2D eigenvalue weighted by molar-refractivity contribution is 7.99. The lowest BCUT2D eigenvalue weighted by atomic mass is 10.1. The van der Waals surface area contributed by atoms with E-state index < -0.39 is 0 Å². The second-order valence-electron chi connectivity index (χ2n) is 3.88. The molecule has 0 aliphatic carbocycles. The number of hydrogen-bond donors (Lipinski definition) is 2. The number of aliphatic hydroxyl groups is 1. The van der Waals surface area contributed by atoms with Crippen LogP contribution in [0.15, 0.2) is 58.3 Å². The molecule has 2 aromatic carbocycles. The van der Waals surface area contributed by atoms with E-state index in [9.17, 15) is 0 Å². The average molecular weight is 316 g/mol. The zero-order chi connectivity index (χ0) is 13.0. The molecule has 0 amide bonds. The number of benzene rings is 2. The molecule has 5 heteroatoms. The Kier molecular flexibility index (Phi) is 6.69. The fourth-order valence-corrected chi connectivity index (χ4v) is 2.74. The molecule has 3 N–H and O–H groups in total. The maximum absolute atomic E-state index is 9.16. The summed E-state index contributed by atoms with van der Waals surface area (Å²) >= 11 is 7.47. The van der Waals surface area contributed by atoms with E-state index in [1.807, 2.05) is 48.5 Å². The average Bonchev–Trinajstić information content (AvgIpc) is 2.41. The monoisotopic (exact) mass is 315 g/mol. The van der Waals surface area contributed by atoms with Crippen LogP contribution in [0.25, 0.3) is 0 Å². The van der Waals surface area contributed by atoms with Gasteiger partial charge in [-0.15, -0.1) is 12.4 Å². The third-order valence-corrected chi connectivity index (χ3v) is 3.91. The summed E-state index contributed by atoms with van der Waals surface area (Å²) in [4.78, 5) is 2.15. The molecule has 102 valence electrons. The summed E-state index contributed by atoms with van der Waals surface area (Å²) < 4.78 is 0. The topological polar surface area (TPSA) is 46.2 Å². The van der Waals surface area contributed by atoms with E-state index in [2.05, 4.69) is 0 Å². The second kappa shape index (κ2) is 7.78. The van der Waals surface area contributed by atoms with Gasteiger partial charge in [0, 0.05) is 14.8 Å². The van der Waals surface area contributed by atoms with Crippen molar-refractivity contribution in [3.8, 4) is 0 Å². The molecular weight excluding hydrogens is 301 g/mol. The predicted octanol–water partition coefficient (Wildman–Crippen LogP) is 3.91. The minimum atomic E-state index is -0.346. The zero-order valence-corrected chi connectivity index (χ0v) is 12.5. The maximum Gasteiger partial charge on any atom is 0.0624 e. The van der Waals surface area contributed by atoms with Gasteiger partial charge in [0.25, 0.3) is 0 Å². The second-order valence-corrected chi connectivity index (χ2v) is 5.43. The van der Waals surface area contributed by atoms with Crippen LogP contribution in [-0.4, -0.2) is 11.7 Å². The number of nitrogens with two attached hydrogens (primary N) is 1. The SMILES string of the molecule is Cl.N[C@H](CO)c1ccccc1Sc1ccc(Cl)cc1. The fourth-order valence-electron chi connectivity index (χ4n) is 1.61. The Balaban J connectivity index is 0.00000180. The number of rotatable bonds is 4. The first-order valence-corrected chi connectivity index (χ1v) is 6.79. The summed E-state index contributed by atoms with van der Waals surface area (Å²) in [7, 11) is 0. The van der Waals surface area contributed by atoms with Crippen molar-refractivity contribution >= 4 is 35.8 Å². The molecule has 19 heavy (non-hydrogen) atoms. The van der Waals surface area contributed by atoms with Crippen LogP contribution >= 0.6 is 35.8 Å². The first kappa shape index (κ1) is 16.3. The largest absolute Gasteiger partial charge is 0.394 e. The molecule has 0 fully saturated rings. The van der Waals surface area contributed by atoms with Crippen LogP contribution in [0.3, 0.4) is 0 Å². The van der Waals surface area contributed by atoms with Crippen LogP contribution in [0.5, 0.6) is 0 Å². The van der Waals surface area contributed by atoms with Crippen LogP contribution in [0.1, 0.15) is 11.6 Å². The molecule has 0 aromatic heterocycles. The summed E-state index contributed by atoms with van der Waals surface area (Å²) in [6, 6.07) is 15.1. The van der Waals surface area contributed by atoms with Crippen molar-refractivity contribution in [3.63, 3.8) is 0 Å². The normalized spacial score (nSPS) is 11.7. The third-order valence-electron chi connectivity index (χ3n) is 2.56.